The minimum absolute atomic E-state index is 0.250. The van der Waals surface area contributed by atoms with Crippen molar-refractivity contribution in [2.75, 3.05) is 18.6 Å². The fraction of sp³-hybridized carbons (Fsp3) is 0.238. The predicted molar refractivity (Wildman–Crippen MR) is 103 cm³/mol. The van der Waals surface area contributed by atoms with Gasteiger partial charge in [-0.25, -0.2) is 4.79 Å². The third kappa shape index (κ3) is 3.25. The fourth-order valence-corrected chi connectivity index (χ4v) is 3.51. The molecule has 0 N–H and O–H groups in total. The number of hydrogen-bond donors (Lipinski definition) is 0. The number of allylic oxidation sites excluding steroid dienone is 1. The summed E-state index contributed by atoms with van der Waals surface area (Å²) in [5, 5.41) is 0.301. The molecular formula is C21H20ClNO3. The summed E-state index contributed by atoms with van der Waals surface area (Å²) in [6.45, 7) is 3.82. The Morgan fingerprint density at radius 3 is 2.46 bits per heavy atom. The number of esters is 1. The molecule has 0 bridgehead atoms. The Balaban J connectivity index is 1.74. The molecule has 0 aromatic heterocycles. The van der Waals surface area contributed by atoms with Crippen LogP contribution < -0.4 is 4.90 Å². The molecule has 0 aliphatic carbocycles. The summed E-state index contributed by atoms with van der Waals surface area (Å²) < 4.78 is 5.13. The van der Waals surface area contributed by atoms with Gasteiger partial charge in [-0.15, -0.1) is 0 Å². The van der Waals surface area contributed by atoms with Crippen LogP contribution in [0.5, 0.6) is 0 Å². The molecule has 26 heavy (non-hydrogen) atoms. The van der Waals surface area contributed by atoms with Gasteiger partial charge in [-0.05, 0) is 23.8 Å². The number of ether oxygens (including phenoxy) is 1. The van der Waals surface area contributed by atoms with Crippen LogP contribution in [0.4, 0.5) is 5.69 Å². The average Bonchev–Trinajstić information content (AvgIpc) is 2.81. The van der Waals surface area contributed by atoms with E-state index in [0.29, 0.717) is 5.02 Å². The molecule has 0 radical (unpaired) electrons. The average molecular weight is 370 g/mol. The molecule has 1 heterocycles. The zero-order chi connectivity index (χ0) is 18.9. The highest BCUT2D eigenvalue weighted by atomic mass is 35.5. The quantitative estimate of drug-likeness (QED) is 0.592. The number of anilines is 1. The lowest BCUT2D eigenvalue weighted by atomic mass is 9.83. The Bertz CT molecular complexity index is 902. The maximum Gasteiger partial charge on any atom is 0.340 e. The van der Waals surface area contributed by atoms with Crippen LogP contribution in [0.25, 0.3) is 0 Å². The third-order valence-corrected chi connectivity index (χ3v) is 5.01. The predicted octanol–water partition coefficient (Wildman–Crippen LogP) is 4.38. The third-order valence-electron chi connectivity index (χ3n) is 4.68. The van der Waals surface area contributed by atoms with Crippen LogP contribution in [0, 0.1) is 0 Å². The lowest BCUT2D eigenvalue weighted by Crippen LogP contribution is -2.25. The van der Waals surface area contributed by atoms with E-state index in [0.717, 1.165) is 16.9 Å². The number of nitrogens with zero attached hydrogens (tertiary/aromatic N) is 1. The van der Waals surface area contributed by atoms with Crippen LogP contribution in [-0.4, -0.2) is 25.4 Å². The minimum Gasteiger partial charge on any atom is -0.454 e. The summed E-state index contributed by atoms with van der Waals surface area (Å²) in [4.78, 5) is 26.5. The lowest BCUT2D eigenvalue weighted by molar-refractivity contribution is -0.117. The van der Waals surface area contributed by atoms with Gasteiger partial charge in [0.05, 0.1) is 10.6 Å². The topological polar surface area (TPSA) is 46.6 Å². The number of carbonyl (C=O) groups excluding carboxylic acids is 2. The van der Waals surface area contributed by atoms with Gasteiger partial charge in [0.25, 0.3) is 0 Å². The number of para-hydroxylation sites is 1. The smallest absolute Gasteiger partial charge is 0.340 e. The molecule has 0 fully saturated rings. The van der Waals surface area contributed by atoms with Gasteiger partial charge in [-0.1, -0.05) is 55.8 Å². The van der Waals surface area contributed by atoms with Crippen molar-refractivity contribution in [3.05, 3.63) is 76.5 Å². The highest BCUT2D eigenvalue weighted by Crippen LogP contribution is 2.46. The molecule has 3 rings (SSSR count). The van der Waals surface area contributed by atoms with E-state index < -0.39 is 5.97 Å². The second kappa shape index (κ2) is 6.96. The van der Waals surface area contributed by atoms with Gasteiger partial charge in [-0.3, -0.25) is 4.79 Å². The molecule has 5 heteroatoms. The van der Waals surface area contributed by atoms with E-state index in [-0.39, 0.29) is 23.4 Å². The molecule has 1 aliphatic rings. The first kappa shape index (κ1) is 18.2. The first-order chi connectivity index (χ1) is 12.3. The van der Waals surface area contributed by atoms with Crippen LogP contribution in [0.15, 0.2) is 60.3 Å². The Labute approximate surface area is 158 Å². The molecule has 134 valence electrons. The molecule has 0 saturated carbocycles. The Morgan fingerprint density at radius 1 is 1.12 bits per heavy atom. The maximum absolute atomic E-state index is 12.4. The van der Waals surface area contributed by atoms with Gasteiger partial charge in [0.15, 0.2) is 12.4 Å². The minimum atomic E-state index is -0.607. The summed E-state index contributed by atoms with van der Waals surface area (Å²) in [6, 6.07) is 14.7. The van der Waals surface area contributed by atoms with E-state index in [1.165, 1.54) is 0 Å². The van der Waals surface area contributed by atoms with Crippen LogP contribution in [0.2, 0.25) is 5.02 Å². The molecule has 4 nitrogen and oxygen atoms in total. The molecule has 0 amide bonds. The number of rotatable bonds is 4. The number of halogens is 1. The van der Waals surface area contributed by atoms with Crippen molar-refractivity contribution in [3.63, 3.8) is 0 Å². The van der Waals surface area contributed by atoms with Crippen LogP contribution in [0.3, 0.4) is 0 Å². The van der Waals surface area contributed by atoms with Crippen molar-refractivity contribution in [1.29, 1.82) is 0 Å². The standard InChI is InChI=1S/C21H20ClNO3/c1-21(2)16-9-5-7-11-18(16)23(3)19(21)12-14(24)13-26-20(25)15-8-4-6-10-17(15)22/h4-12H,13H2,1-3H3. The second-order valence-electron chi connectivity index (χ2n) is 6.75. The van der Waals surface area contributed by atoms with Gasteiger partial charge in [0.1, 0.15) is 0 Å². The Morgan fingerprint density at radius 2 is 1.77 bits per heavy atom. The van der Waals surface area contributed by atoms with Crippen LogP contribution >= 0.6 is 11.6 Å². The number of ketones is 1. The molecule has 0 saturated heterocycles. The lowest BCUT2D eigenvalue weighted by Gasteiger charge is -2.23. The van der Waals surface area contributed by atoms with E-state index in [9.17, 15) is 9.59 Å². The van der Waals surface area contributed by atoms with Gasteiger partial charge in [0.2, 0.25) is 0 Å². The van der Waals surface area contributed by atoms with E-state index in [2.05, 4.69) is 19.9 Å². The summed E-state index contributed by atoms with van der Waals surface area (Å²) in [5.41, 5.74) is 3.06. The molecule has 0 atom stereocenters. The van der Waals surface area contributed by atoms with Gasteiger partial charge in [0, 0.05) is 29.9 Å². The number of likely N-dealkylation sites (N-methyl/N-ethyl adjacent to an activating group) is 1. The number of benzene rings is 2. The van der Waals surface area contributed by atoms with E-state index in [1.54, 1.807) is 30.3 Å². The zero-order valence-electron chi connectivity index (χ0n) is 15.0. The summed E-state index contributed by atoms with van der Waals surface area (Å²) in [6.07, 6.45) is 1.56. The number of carbonyl (C=O) groups is 2. The first-order valence-corrected chi connectivity index (χ1v) is 8.70. The fourth-order valence-electron chi connectivity index (χ4n) is 3.29. The van der Waals surface area contributed by atoms with Crippen molar-refractivity contribution < 1.29 is 14.3 Å². The van der Waals surface area contributed by atoms with Crippen molar-refractivity contribution in [1.82, 2.24) is 0 Å². The van der Waals surface area contributed by atoms with Crippen molar-refractivity contribution in [3.8, 4) is 0 Å². The van der Waals surface area contributed by atoms with Gasteiger partial charge < -0.3 is 9.64 Å². The molecule has 2 aromatic carbocycles. The summed E-state index contributed by atoms with van der Waals surface area (Å²) in [5.74, 6) is -0.877. The van der Waals surface area contributed by atoms with Crippen molar-refractivity contribution in [2.45, 2.75) is 19.3 Å². The highest BCUT2D eigenvalue weighted by Gasteiger charge is 2.38. The van der Waals surface area contributed by atoms with E-state index >= 15 is 0 Å². The van der Waals surface area contributed by atoms with Crippen LogP contribution in [-0.2, 0) is 14.9 Å². The maximum atomic E-state index is 12.4. The monoisotopic (exact) mass is 369 g/mol. The van der Waals surface area contributed by atoms with Crippen molar-refractivity contribution >= 4 is 29.0 Å². The van der Waals surface area contributed by atoms with Crippen molar-refractivity contribution in [2.24, 2.45) is 0 Å². The highest BCUT2D eigenvalue weighted by molar-refractivity contribution is 6.33. The Hall–Kier alpha value is -2.59. The molecule has 0 spiro atoms. The van der Waals surface area contributed by atoms with E-state index in [1.807, 2.05) is 30.1 Å². The number of hydrogen-bond acceptors (Lipinski definition) is 4. The molecule has 1 aliphatic heterocycles. The van der Waals surface area contributed by atoms with Crippen LogP contribution in [0.1, 0.15) is 29.8 Å². The van der Waals surface area contributed by atoms with Gasteiger partial charge >= 0.3 is 5.97 Å². The zero-order valence-corrected chi connectivity index (χ0v) is 15.7. The second-order valence-corrected chi connectivity index (χ2v) is 7.16. The van der Waals surface area contributed by atoms with Gasteiger partial charge in [-0.2, -0.15) is 0 Å². The normalized spacial score (nSPS) is 16.5. The summed E-state index contributed by atoms with van der Waals surface area (Å²) >= 11 is 5.98. The molecule has 2 aromatic rings. The summed E-state index contributed by atoms with van der Waals surface area (Å²) in [7, 11) is 1.93. The SMILES string of the molecule is CN1C(=CC(=O)COC(=O)c2ccccc2Cl)C(C)(C)c2ccccc21. The van der Waals surface area contributed by atoms with E-state index in [4.69, 9.17) is 16.3 Å². The molecule has 0 unspecified atom stereocenters. The number of fused-ring (bicyclic) bond motifs is 1. The first-order valence-electron chi connectivity index (χ1n) is 8.32. The Kier molecular flexibility index (Phi) is 4.88. The largest absolute Gasteiger partial charge is 0.454 e. The molecular weight excluding hydrogens is 350 g/mol.